The van der Waals surface area contributed by atoms with Crippen LogP contribution in [0.1, 0.15) is 100.0 Å². The molecule has 0 saturated carbocycles. The van der Waals surface area contributed by atoms with Crippen molar-refractivity contribution in [2.24, 2.45) is 0 Å². The topological polar surface area (TPSA) is 12.0 Å². The van der Waals surface area contributed by atoms with E-state index in [0.29, 0.717) is 0 Å². The second kappa shape index (κ2) is 15.3. The van der Waals surface area contributed by atoms with E-state index >= 15 is 0 Å². The monoisotopic (exact) mass is 431 g/mol. The molecule has 0 bridgehead atoms. The molecule has 0 radical (unpaired) electrons. The standard InChI is InChI=1S/C21H23N.C6H12.C4H10/c1-5-13-22-19-12-11-14(3)20-16(6-2)18-10-8-7-9-17(18)15(4)21(19)20;1-3-5-6-4-2;1-3-4-2/h6-12,16,22H,2,4-5,13H2,1,3H3;3H,1,4-6H2,2H3;3-4H2,1-2H3. The van der Waals surface area contributed by atoms with E-state index in [4.69, 9.17) is 0 Å². The first-order valence-corrected chi connectivity index (χ1v) is 12.4. The predicted molar refractivity (Wildman–Crippen MR) is 147 cm³/mol. The van der Waals surface area contributed by atoms with Gasteiger partial charge in [0.05, 0.1) is 0 Å². The van der Waals surface area contributed by atoms with Gasteiger partial charge in [-0.3, -0.25) is 0 Å². The number of unbranched alkanes of at least 4 members (excludes halogenated alkanes) is 3. The average molecular weight is 432 g/mol. The van der Waals surface area contributed by atoms with Crippen molar-refractivity contribution >= 4 is 11.3 Å². The van der Waals surface area contributed by atoms with Crippen molar-refractivity contribution in [1.82, 2.24) is 0 Å². The first-order valence-electron chi connectivity index (χ1n) is 12.4. The molecular weight excluding hydrogens is 386 g/mol. The molecule has 0 fully saturated rings. The van der Waals surface area contributed by atoms with Gasteiger partial charge in [-0.05, 0) is 53.7 Å². The minimum Gasteiger partial charge on any atom is -0.385 e. The molecule has 1 heteroatoms. The molecule has 32 heavy (non-hydrogen) atoms. The number of benzene rings is 2. The summed E-state index contributed by atoms with van der Waals surface area (Å²) in [6.07, 6.45) is 11.5. The second-order valence-electron chi connectivity index (χ2n) is 8.36. The van der Waals surface area contributed by atoms with E-state index in [9.17, 15) is 0 Å². The van der Waals surface area contributed by atoms with E-state index in [1.807, 2.05) is 6.08 Å². The number of allylic oxidation sites excluding steroid dienone is 2. The van der Waals surface area contributed by atoms with Gasteiger partial charge in [-0.15, -0.1) is 13.2 Å². The summed E-state index contributed by atoms with van der Waals surface area (Å²) in [5.74, 6) is 0.236. The van der Waals surface area contributed by atoms with E-state index < -0.39 is 0 Å². The zero-order chi connectivity index (χ0) is 23.9. The molecule has 1 unspecified atom stereocenters. The van der Waals surface area contributed by atoms with Gasteiger partial charge in [-0.1, -0.05) is 102 Å². The van der Waals surface area contributed by atoms with Crippen LogP contribution in [0, 0.1) is 6.92 Å². The number of aryl methyl sites for hydroxylation is 1. The number of hydrogen-bond donors (Lipinski definition) is 1. The summed E-state index contributed by atoms with van der Waals surface area (Å²) >= 11 is 0. The molecule has 1 aliphatic rings. The Kier molecular flexibility index (Phi) is 13.1. The van der Waals surface area contributed by atoms with Gasteiger partial charge in [0.1, 0.15) is 0 Å². The highest BCUT2D eigenvalue weighted by atomic mass is 14.9. The Hall–Kier alpha value is -2.54. The van der Waals surface area contributed by atoms with Crippen LogP contribution in [0.4, 0.5) is 5.69 Å². The highest BCUT2D eigenvalue weighted by Crippen LogP contribution is 2.46. The van der Waals surface area contributed by atoms with Gasteiger partial charge in [-0.2, -0.15) is 0 Å². The molecule has 0 heterocycles. The van der Waals surface area contributed by atoms with Gasteiger partial charge in [0.2, 0.25) is 0 Å². The zero-order valence-corrected chi connectivity index (χ0v) is 21.3. The Balaban J connectivity index is 0.000000432. The van der Waals surface area contributed by atoms with Gasteiger partial charge in [-0.25, -0.2) is 0 Å². The highest BCUT2D eigenvalue weighted by molar-refractivity contribution is 5.92. The lowest BCUT2D eigenvalue weighted by molar-refractivity contribution is 0.816. The van der Waals surface area contributed by atoms with Crippen LogP contribution < -0.4 is 5.32 Å². The lowest BCUT2D eigenvalue weighted by Gasteiger charge is -2.31. The van der Waals surface area contributed by atoms with Crippen LogP contribution in [-0.4, -0.2) is 6.54 Å². The predicted octanol–water partition coefficient (Wildman–Crippen LogP) is 9.68. The molecule has 1 atom stereocenters. The van der Waals surface area contributed by atoms with Crippen molar-refractivity contribution in [3.63, 3.8) is 0 Å². The molecule has 3 rings (SSSR count). The fourth-order valence-electron chi connectivity index (χ4n) is 3.78. The van der Waals surface area contributed by atoms with Crippen molar-refractivity contribution < 1.29 is 0 Å². The van der Waals surface area contributed by atoms with Gasteiger partial charge < -0.3 is 5.32 Å². The van der Waals surface area contributed by atoms with Crippen molar-refractivity contribution in [3.8, 4) is 0 Å². The SMILES string of the molecule is C=CC1c2ccccc2C(=C)c2c(NCCC)ccc(C)c21.C=CCCCC.CCCC. The summed E-state index contributed by atoms with van der Waals surface area (Å²) < 4.78 is 0. The molecule has 2 aromatic rings. The number of anilines is 1. The van der Waals surface area contributed by atoms with Crippen LogP contribution in [0.3, 0.4) is 0 Å². The van der Waals surface area contributed by atoms with Gasteiger partial charge in [0.25, 0.3) is 0 Å². The second-order valence-corrected chi connectivity index (χ2v) is 8.36. The van der Waals surface area contributed by atoms with E-state index in [-0.39, 0.29) is 5.92 Å². The Bertz CT molecular complexity index is 857. The van der Waals surface area contributed by atoms with Crippen molar-refractivity contribution in [2.45, 2.75) is 79.1 Å². The Labute approximate surface area is 198 Å². The average Bonchev–Trinajstić information content (AvgIpc) is 2.83. The lowest BCUT2D eigenvalue weighted by Crippen LogP contribution is -2.15. The lowest BCUT2D eigenvalue weighted by atomic mass is 9.73. The largest absolute Gasteiger partial charge is 0.385 e. The van der Waals surface area contributed by atoms with Gasteiger partial charge >= 0.3 is 0 Å². The molecule has 0 spiro atoms. The van der Waals surface area contributed by atoms with Crippen LogP contribution in [0.5, 0.6) is 0 Å². The molecule has 0 saturated heterocycles. The molecule has 1 aliphatic carbocycles. The third-order valence-electron chi connectivity index (χ3n) is 5.76. The molecule has 0 aliphatic heterocycles. The molecule has 1 N–H and O–H groups in total. The van der Waals surface area contributed by atoms with E-state index in [0.717, 1.165) is 18.5 Å². The minimum absolute atomic E-state index is 0.236. The normalized spacial score (nSPS) is 13.4. The summed E-state index contributed by atoms with van der Waals surface area (Å²) in [6.45, 7) is 24.0. The number of rotatable bonds is 8. The Morgan fingerprint density at radius 2 is 1.59 bits per heavy atom. The molecule has 174 valence electrons. The third-order valence-corrected chi connectivity index (χ3v) is 5.76. The van der Waals surface area contributed by atoms with E-state index in [1.54, 1.807) is 0 Å². The molecular formula is C31H45N. The van der Waals surface area contributed by atoms with Crippen molar-refractivity contribution in [1.29, 1.82) is 0 Å². The molecule has 0 amide bonds. The van der Waals surface area contributed by atoms with E-state index in [1.165, 1.54) is 65.6 Å². The maximum atomic E-state index is 4.40. The third kappa shape index (κ3) is 7.26. The first-order chi connectivity index (χ1) is 15.5. The Morgan fingerprint density at radius 1 is 0.906 bits per heavy atom. The molecule has 2 aromatic carbocycles. The highest BCUT2D eigenvalue weighted by Gasteiger charge is 2.28. The smallest absolute Gasteiger partial charge is 0.0423 e. The summed E-state index contributed by atoms with van der Waals surface area (Å²) in [6, 6.07) is 12.9. The van der Waals surface area contributed by atoms with Crippen LogP contribution in [0.25, 0.3) is 5.57 Å². The maximum absolute atomic E-state index is 4.40. The van der Waals surface area contributed by atoms with Crippen LogP contribution in [0.15, 0.2) is 68.3 Å². The first kappa shape index (κ1) is 27.5. The van der Waals surface area contributed by atoms with Gasteiger partial charge in [0.15, 0.2) is 0 Å². The molecule has 0 aromatic heterocycles. The number of hydrogen-bond acceptors (Lipinski definition) is 1. The fourth-order valence-corrected chi connectivity index (χ4v) is 3.78. The fraction of sp³-hybridized carbons (Fsp3) is 0.419. The number of nitrogens with one attached hydrogen (secondary N) is 1. The maximum Gasteiger partial charge on any atom is 0.0423 e. The minimum atomic E-state index is 0.236. The summed E-state index contributed by atoms with van der Waals surface area (Å²) in [5, 5.41) is 3.56. The van der Waals surface area contributed by atoms with Gasteiger partial charge in [0, 0.05) is 23.7 Å². The Morgan fingerprint density at radius 3 is 2.12 bits per heavy atom. The van der Waals surface area contributed by atoms with Crippen molar-refractivity contribution in [2.75, 3.05) is 11.9 Å². The van der Waals surface area contributed by atoms with Crippen LogP contribution in [0.2, 0.25) is 0 Å². The van der Waals surface area contributed by atoms with Crippen LogP contribution in [-0.2, 0) is 0 Å². The summed E-state index contributed by atoms with van der Waals surface area (Å²) in [5.41, 5.74) is 8.77. The number of fused-ring (bicyclic) bond motifs is 2. The summed E-state index contributed by atoms with van der Waals surface area (Å²) in [4.78, 5) is 0. The van der Waals surface area contributed by atoms with E-state index in [2.05, 4.69) is 102 Å². The van der Waals surface area contributed by atoms with Crippen molar-refractivity contribution in [3.05, 3.63) is 96.1 Å². The molecule has 1 nitrogen and oxygen atoms in total. The van der Waals surface area contributed by atoms with Crippen LogP contribution >= 0.6 is 0 Å². The zero-order valence-electron chi connectivity index (χ0n) is 21.3. The summed E-state index contributed by atoms with van der Waals surface area (Å²) in [7, 11) is 0. The quantitative estimate of drug-likeness (QED) is 0.324.